The Morgan fingerprint density at radius 1 is 1.07 bits per heavy atom. The molecule has 1 aliphatic heterocycles. The summed E-state index contributed by atoms with van der Waals surface area (Å²) in [4.78, 5) is 11.6. The van der Waals surface area contributed by atoms with E-state index in [2.05, 4.69) is 34.1 Å². The summed E-state index contributed by atoms with van der Waals surface area (Å²) in [7, 11) is 1.69. The molecule has 0 saturated carbocycles. The van der Waals surface area contributed by atoms with Crippen LogP contribution in [0.2, 0.25) is 0 Å². The number of benzene rings is 1. The summed E-state index contributed by atoms with van der Waals surface area (Å²) in [5.74, 6) is 0.855. The molecule has 0 N–H and O–H groups in total. The first-order valence-electron chi connectivity index (χ1n) is 9.57. The van der Waals surface area contributed by atoms with Gasteiger partial charge in [-0.1, -0.05) is 30.7 Å². The molecule has 3 aromatic rings. The van der Waals surface area contributed by atoms with Crippen LogP contribution in [0.5, 0.6) is 5.75 Å². The van der Waals surface area contributed by atoms with Crippen LogP contribution in [0, 0.1) is 0 Å². The van der Waals surface area contributed by atoms with Crippen molar-refractivity contribution in [1.29, 1.82) is 0 Å². The molecule has 2 aromatic heterocycles. The molecule has 0 spiro atoms. The number of hydrogen-bond acceptors (Lipinski definition) is 4. The van der Waals surface area contributed by atoms with Gasteiger partial charge in [-0.05, 0) is 54.8 Å². The van der Waals surface area contributed by atoms with E-state index in [-0.39, 0.29) is 0 Å². The molecule has 4 nitrogen and oxygen atoms in total. The van der Waals surface area contributed by atoms with Gasteiger partial charge in [-0.15, -0.1) is 0 Å². The van der Waals surface area contributed by atoms with Gasteiger partial charge in [0.2, 0.25) is 0 Å². The van der Waals surface area contributed by atoms with Crippen LogP contribution in [-0.4, -0.2) is 28.5 Å². The molecule has 1 fully saturated rings. The maximum Gasteiger partial charge on any atom is 0.119 e. The molecule has 1 unspecified atom stereocenters. The molecular weight excluding hydrogens is 334 g/mol. The largest absolute Gasteiger partial charge is 0.497 e. The first-order valence-corrected chi connectivity index (χ1v) is 9.57. The molecule has 3 heterocycles. The topological polar surface area (TPSA) is 38.2 Å². The number of rotatable bonds is 5. The maximum atomic E-state index is 5.33. The van der Waals surface area contributed by atoms with Crippen molar-refractivity contribution >= 4 is 0 Å². The van der Waals surface area contributed by atoms with Crippen molar-refractivity contribution in [2.45, 2.75) is 31.8 Å². The number of nitrogens with zero attached hydrogens (tertiary/aromatic N) is 3. The standard InChI is InChI=1S/C23H25N3O/c1-27-21-8-4-7-19(14-21)22-11-10-20(16-25-22)23-9-2-3-13-26(23)17-18-6-5-12-24-15-18/h4-8,10-12,14-16,23H,2-3,9,13,17H2,1H3. The van der Waals surface area contributed by atoms with Crippen LogP contribution in [0.15, 0.2) is 67.1 Å². The Morgan fingerprint density at radius 2 is 2.04 bits per heavy atom. The number of ether oxygens (including phenoxy) is 1. The highest BCUT2D eigenvalue weighted by atomic mass is 16.5. The summed E-state index contributed by atoms with van der Waals surface area (Å²) in [6.45, 7) is 2.06. The van der Waals surface area contributed by atoms with Gasteiger partial charge in [0.1, 0.15) is 5.75 Å². The van der Waals surface area contributed by atoms with Crippen molar-refractivity contribution in [1.82, 2.24) is 14.9 Å². The van der Waals surface area contributed by atoms with Crippen LogP contribution in [0.25, 0.3) is 11.3 Å². The van der Waals surface area contributed by atoms with Crippen molar-refractivity contribution in [3.63, 3.8) is 0 Å². The molecule has 0 radical (unpaired) electrons. The molecule has 1 saturated heterocycles. The summed E-state index contributed by atoms with van der Waals surface area (Å²) < 4.78 is 5.33. The van der Waals surface area contributed by atoms with Crippen molar-refractivity contribution in [2.75, 3.05) is 13.7 Å². The second-order valence-corrected chi connectivity index (χ2v) is 7.05. The van der Waals surface area contributed by atoms with E-state index in [1.54, 1.807) is 7.11 Å². The lowest BCUT2D eigenvalue weighted by Gasteiger charge is -2.36. The fourth-order valence-corrected chi connectivity index (χ4v) is 3.84. The lowest BCUT2D eigenvalue weighted by Crippen LogP contribution is -2.33. The second kappa shape index (κ2) is 8.31. The summed E-state index contributed by atoms with van der Waals surface area (Å²) >= 11 is 0. The van der Waals surface area contributed by atoms with E-state index in [1.807, 2.05) is 42.9 Å². The van der Waals surface area contributed by atoms with Crippen molar-refractivity contribution in [3.05, 3.63) is 78.2 Å². The van der Waals surface area contributed by atoms with Crippen LogP contribution in [0.1, 0.15) is 36.4 Å². The molecule has 0 aliphatic carbocycles. The molecular formula is C23H25N3O. The average Bonchev–Trinajstić information content (AvgIpc) is 2.75. The first-order chi connectivity index (χ1) is 13.3. The molecule has 27 heavy (non-hydrogen) atoms. The van der Waals surface area contributed by atoms with E-state index < -0.39 is 0 Å². The third kappa shape index (κ3) is 4.17. The van der Waals surface area contributed by atoms with E-state index >= 15 is 0 Å². The Labute approximate surface area is 160 Å². The van der Waals surface area contributed by atoms with E-state index in [9.17, 15) is 0 Å². The highest BCUT2D eigenvalue weighted by Gasteiger charge is 2.24. The van der Waals surface area contributed by atoms with Crippen LogP contribution in [0.4, 0.5) is 0 Å². The van der Waals surface area contributed by atoms with E-state index in [0.717, 1.165) is 30.1 Å². The third-order valence-electron chi connectivity index (χ3n) is 5.26. The van der Waals surface area contributed by atoms with E-state index in [0.29, 0.717) is 6.04 Å². The Bertz CT molecular complexity index is 864. The molecule has 4 rings (SSSR count). The van der Waals surface area contributed by atoms with Crippen LogP contribution >= 0.6 is 0 Å². The summed E-state index contributed by atoms with van der Waals surface area (Å²) in [5.41, 5.74) is 4.62. The predicted molar refractivity (Wildman–Crippen MR) is 107 cm³/mol. The van der Waals surface area contributed by atoms with Crippen molar-refractivity contribution in [2.24, 2.45) is 0 Å². The minimum absolute atomic E-state index is 0.422. The minimum Gasteiger partial charge on any atom is -0.497 e. The molecule has 0 bridgehead atoms. The zero-order valence-electron chi connectivity index (χ0n) is 15.7. The Kier molecular flexibility index (Phi) is 5.45. The summed E-state index contributed by atoms with van der Waals surface area (Å²) in [6, 6.07) is 17.0. The molecule has 138 valence electrons. The fourth-order valence-electron chi connectivity index (χ4n) is 3.84. The highest BCUT2D eigenvalue weighted by molar-refractivity contribution is 5.61. The van der Waals surface area contributed by atoms with Gasteiger partial charge in [0.05, 0.1) is 12.8 Å². The Morgan fingerprint density at radius 3 is 2.81 bits per heavy atom. The quantitative estimate of drug-likeness (QED) is 0.651. The van der Waals surface area contributed by atoms with Gasteiger partial charge in [-0.25, -0.2) is 0 Å². The van der Waals surface area contributed by atoms with Gasteiger partial charge in [0.15, 0.2) is 0 Å². The average molecular weight is 359 g/mol. The fraction of sp³-hybridized carbons (Fsp3) is 0.304. The first kappa shape index (κ1) is 17.7. The smallest absolute Gasteiger partial charge is 0.119 e. The lowest BCUT2D eigenvalue weighted by molar-refractivity contribution is 0.140. The molecule has 1 aromatic carbocycles. The number of aromatic nitrogens is 2. The number of methoxy groups -OCH3 is 1. The van der Waals surface area contributed by atoms with Gasteiger partial charge in [-0.3, -0.25) is 14.9 Å². The van der Waals surface area contributed by atoms with Crippen molar-refractivity contribution in [3.8, 4) is 17.0 Å². The molecule has 0 amide bonds. The van der Waals surface area contributed by atoms with Gasteiger partial charge >= 0.3 is 0 Å². The SMILES string of the molecule is COc1cccc(-c2ccc(C3CCCCN3Cc3cccnc3)cn2)c1. The summed E-state index contributed by atoms with van der Waals surface area (Å²) in [6.07, 6.45) is 9.55. The normalized spacial score (nSPS) is 17.6. The number of piperidine rings is 1. The number of pyridine rings is 2. The number of likely N-dealkylation sites (tertiary alicyclic amines) is 1. The lowest BCUT2D eigenvalue weighted by atomic mass is 9.95. The van der Waals surface area contributed by atoms with Gasteiger partial charge < -0.3 is 4.74 Å². The van der Waals surface area contributed by atoms with Crippen LogP contribution < -0.4 is 4.74 Å². The van der Waals surface area contributed by atoms with Gasteiger partial charge in [0, 0.05) is 36.7 Å². The molecule has 4 heteroatoms. The maximum absolute atomic E-state index is 5.33. The minimum atomic E-state index is 0.422. The third-order valence-corrected chi connectivity index (χ3v) is 5.26. The zero-order valence-corrected chi connectivity index (χ0v) is 15.7. The molecule has 1 aliphatic rings. The highest BCUT2D eigenvalue weighted by Crippen LogP contribution is 2.32. The Hall–Kier alpha value is -2.72. The van der Waals surface area contributed by atoms with E-state index in [4.69, 9.17) is 9.72 Å². The monoisotopic (exact) mass is 359 g/mol. The summed E-state index contributed by atoms with van der Waals surface area (Å²) in [5, 5.41) is 0. The van der Waals surface area contributed by atoms with Crippen LogP contribution in [0.3, 0.4) is 0 Å². The molecule has 1 atom stereocenters. The number of hydrogen-bond donors (Lipinski definition) is 0. The van der Waals surface area contributed by atoms with E-state index in [1.165, 1.54) is 30.4 Å². The van der Waals surface area contributed by atoms with Crippen LogP contribution in [-0.2, 0) is 6.54 Å². The van der Waals surface area contributed by atoms with Gasteiger partial charge in [0.25, 0.3) is 0 Å². The van der Waals surface area contributed by atoms with Crippen molar-refractivity contribution < 1.29 is 4.74 Å². The second-order valence-electron chi connectivity index (χ2n) is 7.05. The predicted octanol–water partition coefficient (Wildman–Crippen LogP) is 4.88. The van der Waals surface area contributed by atoms with Gasteiger partial charge in [-0.2, -0.15) is 0 Å². The zero-order chi connectivity index (χ0) is 18.5. The Balaban J connectivity index is 1.54.